The molecule has 32 heavy (non-hydrogen) atoms. The van der Waals surface area contributed by atoms with Gasteiger partial charge in [0.15, 0.2) is 0 Å². The molecule has 0 saturated heterocycles. The number of thioether (sulfide) groups is 1. The monoisotopic (exact) mass is 438 g/mol. The zero-order valence-corrected chi connectivity index (χ0v) is 18.2. The lowest BCUT2D eigenvalue weighted by molar-refractivity contribution is -0.121. The fourth-order valence-corrected chi connectivity index (χ4v) is 5.35. The highest BCUT2D eigenvalue weighted by atomic mass is 32.2. The molecule has 0 saturated carbocycles. The van der Waals surface area contributed by atoms with Gasteiger partial charge in [-0.1, -0.05) is 78.9 Å². The van der Waals surface area contributed by atoms with Crippen molar-refractivity contribution in [1.82, 2.24) is 0 Å². The van der Waals surface area contributed by atoms with Crippen molar-refractivity contribution in [1.29, 1.82) is 0 Å². The molecule has 4 aromatic carbocycles. The zero-order chi connectivity index (χ0) is 21.9. The maximum Gasteiger partial charge on any atom is 0.244 e. The predicted octanol–water partition coefficient (Wildman–Crippen LogP) is 6.05. The summed E-state index contributed by atoms with van der Waals surface area (Å²) in [6, 6.07) is 31.6. The standard InChI is InChI=1S/C27H22N2O2S/c30-26(28-22-14-8-12-19-9-4-5-13-21(19)22)18-29-23-15-6-7-16-24(23)32-25(17-27(29)31)20-10-2-1-3-11-20/h1-16,25H,17-18H2,(H,28,30)/t25-/m1/s1. The largest absolute Gasteiger partial charge is 0.324 e. The quantitative estimate of drug-likeness (QED) is 0.422. The van der Waals surface area contributed by atoms with Gasteiger partial charge in [-0.25, -0.2) is 0 Å². The van der Waals surface area contributed by atoms with Crippen LogP contribution < -0.4 is 10.2 Å². The van der Waals surface area contributed by atoms with Crippen molar-refractivity contribution in [2.75, 3.05) is 16.8 Å². The first-order valence-corrected chi connectivity index (χ1v) is 11.5. The van der Waals surface area contributed by atoms with Crippen molar-refractivity contribution in [2.24, 2.45) is 0 Å². The number of para-hydroxylation sites is 1. The van der Waals surface area contributed by atoms with Crippen LogP contribution in [0.4, 0.5) is 11.4 Å². The number of benzene rings is 4. The minimum Gasteiger partial charge on any atom is -0.324 e. The molecule has 0 radical (unpaired) electrons. The summed E-state index contributed by atoms with van der Waals surface area (Å²) in [6.07, 6.45) is 0.338. The van der Waals surface area contributed by atoms with E-state index in [1.165, 1.54) is 0 Å². The molecule has 0 aliphatic carbocycles. The Hall–Kier alpha value is -3.57. The van der Waals surface area contributed by atoms with Gasteiger partial charge in [0.05, 0.1) is 5.69 Å². The third kappa shape index (κ3) is 4.12. The number of carbonyl (C=O) groups excluding carboxylic acids is 2. The van der Waals surface area contributed by atoms with Gasteiger partial charge in [0.25, 0.3) is 0 Å². The molecule has 5 heteroatoms. The summed E-state index contributed by atoms with van der Waals surface area (Å²) in [4.78, 5) is 28.9. The van der Waals surface area contributed by atoms with Crippen LogP contribution in [-0.4, -0.2) is 18.4 Å². The first-order valence-electron chi connectivity index (χ1n) is 10.6. The molecule has 1 atom stereocenters. The number of rotatable bonds is 4. The lowest BCUT2D eigenvalue weighted by atomic mass is 10.1. The molecule has 1 aliphatic rings. The third-order valence-corrected chi connectivity index (χ3v) is 6.95. The van der Waals surface area contributed by atoms with Crippen LogP contribution in [0, 0.1) is 0 Å². The summed E-state index contributed by atoms with van der Waals surface area (Å²) in [7, 11) is 0. The van der Waals surface area contributed by atoms with E-state index in [0.717, 1.165) is 32.6 Å². The summed E-state index contributed by atoms with van der Waals surface area (Å²) < 4.78 is 0. The smallest absolute Gasteiger partial charge is 0.244 e. The molecule has 4 nitrogen and oxygen atoms in total. The highest BCUT2D eigenvalue weighted by molar-refractivity contribution is 7.99. The lowest BCUT2D eigenvalue weighted by Crippen LogP contribution is -2.38. The number of amides is 2. The molecule has 0 aromatic heterocycles. The minimum atomic E-state index is -0.215. The van der Waals surface area contributed by atoms with E-state index in [9.17, 15) is 9.59 Å². The van der Waals surface area contributed by atoms with Gasteiger partial charge in [-0.2, -0.15) is 0 Å². The second-order valence-electron chi connectivity index (χ2n) is 7.74. The summed E-state index contributed by atoms with van der Waals surface area (Å²) >= 11 is 1.68. The van der Waals surface area contributed by atoms with Crippen LogP contribution in [0.5, 0.6) is 0 Å². The van der Waals surface area contributed by atoms with Gasteiger partial charge in [-0.3, -0.25) is 9.59 Å². The van der Waals surface area contributed by atoms with E-state index < -0.39 is 0 Å². The molecule has 1 aliphatic heterocycles. The van der Waals surface area contributed by atoms with Gasteiger partial charge in [0.1, 0.15) is 6.54 Å². The topological polar surface area (TPSA) is 49.4 Å². The van der Waals surface area contributed by atoms with E-state index in [1.54, 1.807) is 16.7 Å². The summed E-state index contributed by atoms with van der Waals surface area (Å²) in [5.74, 6) is -0.267. The molecular weight excluding hydrogens is 416 g/mol. The Balaban J connectivity index is 1.41. The first kappa shape index (κ1) is 20.3. The maximum absolute atomic E-state index is 13.3. The fourth-order valence-electron chi connectivity index (χ4n) is 4.07. The van der Waals surface area contributed by atoms with Crippen LogP contribution in [0.2, 0.25) is 0 Å². The van der Waals surface area contributed by atoms with Gasteiger partial charge in [0.2, 0.25) is 11.8 Å². The van der Waals surface area contributed by atoms with Gasteiger partial charge in [0, 0.05) is 27.6 Å². The van der Waals surface area contributed by atoms with Crippen LogP contribution in [0.25, 0.3) is 10.8 Å². The molecule has 158 valence electrons. The number of fused-ring (bicyclic) bond motifs is 2. The average molecular weight is 439 g/mol. The van der Waals surface area contributed by atoms with Crippen molar-refractivity contribution in [3.63, 3.8) is 0 Å². The van der Waals surface area contributed by atoms with Crippen LogP contribution >= 0.6 is 11.8 Å². The Bertz CT molecular complexity index is 1280. The maximum atomic E-state index is 13.3. The lowest BCUT2D eigenvalue weighted by Gasteiger charge is -2.22. The Kier molecular flexibility index (Phi) is 5.65. The van der Waals surface area contributed by atoms with Crippen molar-refractivity contribution < 1.29 is 9.59 Å². The molecule has 4 aromatic rings. The second-order valence-corrected chi connectivity index (χ2v) is 8.99. The van der Waals surface area contributed by atoms with E-state index in [0.29, 0.717) is 6.42 Å². The number of nitrogens with zero attached hydrogens (tertiary/aromatic N) is 1. The average Bonchev–Trinajstić information content (AvgIpc) is 2.96. The molecular formula is C27H22N2O2S. The third-order valence-electron chi connectivity index (χ3n) is 5.62. The summed E-state index contributed by atoms with van der Waals surface area (Å²) in [5.41, 5.74) is 2.65. The molecule has 1 heterocycles. The van der Waals surface area contributed by atoms with E-state index in [1.807, 2.05) is 84.9 Å². The Morgan fingerprint density at radius 3 is 2.47 bits per heavy atom. The van der Waals surface area contributed by atoms with Crippen molar-refractivity contribution in [3.8, 4) is 0 Å². The van der Waals surface area contributed by atoms with Crippen molar-refractivity contribution in [2.45, 2.75) is 16.6 Å². The Labute approximate surface area is 191 Å². The number of nitrogens with one attached hydrogen (secondary N) is 1. The van der Waals surface area contributed by atoms with Crippen LogP contribution in [0.15, 0.2) is 102 Å². The van der Waals surface area contributed by atoms with Crippen LogP contribution in [-0.2, 0) is 9.59 Å². The molecule has 0 unspecified atom stereocenters. The minimum absolute atomic E-state index is 0.0102. The van der Waals surface area contributed by atoms with E-state index in [-0.39, 0.29) is 23.6 Å². The van der Waals surface area contributed by atoms with Gasteiger partial charge in [-0.05, 0) is 29.1 Å². The van der Waals surface area contributed by atoms with Gasteiger partial charge >= 0.3 is 0 Å². The van der Waals surface area contributed by atoms with Gasteiger partial charge < -0.3 is 10.2 Å². The molecule has 5 rings (SSSR count). The van der Waals surface area contributed by atoms with Crippen LogP contribution in [0.3, 0.4) is 0 Å². The molecule has 1 N–H and O–H groups in total. The number of hydrogen-bond donors (Lipinski definition) is 1. The Morgan fingerprint density at radius 2 is 1.59 bits per heavy atom. The summed E-state index contributed by atoms with van der Waals surface area (Å²) in [6.45, 7) is -0.0266. The highest BCUT2D eigenvalue weighted by Gasteiger charge is 2.30. The normalized spacial score (nSPS) is 15.8. The van der Waals surface area contributed by atoms with E-state index in [2.05, 4.69) is 17.4 Å². The second kappa shape index (κ2) is 8.89. The van der Waals surface area contributed by atoms with Crippen LogP contribution in [0.1, 0.15) is 17.2 Å². The SMILES string of the molecule is O=C(CN1C(=O)C[C@H](c2ccccc2)Sc2ccccc21)Nc1cccc2ccccc12. The first-order chi connectivity index (χ1) is 15.7. The van der Waals surface area contributed by atoms with Gasteiger partial charge in [-0.15, -0.1) is 11.8 Å². The van der Waals surface area contributed by atoms with Crippen molar-refractivity contribution >= 4 is 45.7 Å². The molecule has 0 bridgehead atoms. The highest BCUT2D eigenvalue weighted by Crippen LogP contribution is 2.45. The number of carbonyl (C=O) groups is 2. The van der Waals surface area contributed by atoms with Crippen molar-refractivity contribution in [3.05, 3.63) is 103 Å². The van der Waals surface area contributed by atoms with E-state index in [4.69, 9.17) is 0 Å². The number of hydrogen-bond acceptors (Lipinski definition) is 3. The Morgan fingerprint density at radius 1 is 0.875 bits per heavy atom. The fraction of sp³-hybridized carbons (Fsp3) is 0.111. The van der Waals surface area contributed by atoms with E-state index >= 15 is 0 Å². The number of anilines is 2. The summed E-state index contributed by atoms with van der Waals surface area (Å²) in [5, 5.41) is 5.05. The zero-order valence-electron chi connectivity index (χ0n) is 17.4. The molecule has 2 amide bonds. The molecule has 0 fully saturated rings. The molecule has 0 spiro atoms. The predicted molar refractivity (Wildman–Crippen MR) is 131 cm³/mol.